The number of hydrogen-bond donors (Lipinski definition) is 3. The maximum atomic E-state index is 13.7. The van der Waals surface area contributed by atoms with E-state index in [1.54, 1.807) is 0 Å². The summed E-state index contributed by atoms with van der Waals surface area (Å²) in [6.45, 7) is 1.77. The highest BCUT2D eigenvalue weighted by atomic mass is 35.5. The maximum absolute atomic E-state index is 13.7. The number of fused-ring (bicyclic) bond motifs is 1. The molecule has 35 heavy (non-hydrogen) atoms. The first kappa shape index (κ1) is 24.6. The van der Waals surface area contributed by atoms with E-state index >= 15 is 0 Å². The van der Waals surface area contributed by atoms with Gasteiger partial charge in [0.2, 0.25) is 0 Å². The summed E-state index contributed by atoms with van der Waals surface area (Å²) in [7, 11) is 0. The van der Waals surface area contributed by atoms with Crippen LogP contribution in [0.2, 0.25) is 5.02 Å². The number of hydrogen-bond acceptors (Lipinski definition) is 6. The zero-order valence-corrected chi connectivity index (χ0v) is 18.8. The Balaban J connectivity index is 1.43. The van der Waals surface area contributed by atoms with Gasteiger partial charge in [0.05, 0.1) is 16.8 Å². The average molecular weight is 513 g/mol. The van der Waals surface area contributed by atoms with Gasteiger partial charge < -0.3 is 15.8 Å². The summed E-state index contributed by atoms with van der Waals surface area (Å²) in [6.07, 6.45) is -3.48. The van der Waals surface area contributed by atoms with Gasteiger partial charge in [-0.3, -0.25) is 10.3 Å². The predicted molar refractivity (Wildman–Crippen MR) is 116 cm³/mol. The fourth-order valence-corrected chi connectivity index (χ4v) is 4.81. The van der Waals surface area contributed by atoms with Crippen LogP contribution in [0.4, 0.5) is 18.0 Å². The minimum atomic E-state index is -4.62. The number of rotatable bonds is 4. The molecule has 2 atom stereocenters. The smallest absolute Gasteiger partial charge is 0.416 e. The van der Waals surface area contributed by atoms with E-state index in [-0.39, 0.29) is 34.5 Å². The van der Waals surface area contributed by atoms with Gasteiger partial charge in [-0.2, -0.15) is 23.0 Å². The number of carbonyl (C=O) groups excluding carboxylic acids is 1. The molecule has 2 fully saturated rings. The zero-order chi connectivity index (χ0) is 25.5. The second-order valence-electron chi connectivity index (χ2n) is 8.41. The number of halogens is 4. The van der Waals surface area contributed by atoms with Crippen LogP contribution in [0.1, 0.15) is 27.2 Å². The molecule has 1 aromatic heterocycles. The van der Waals surface area contributed by atoms with Gasteiger partial charge in [0.15, 0.2) is 11.5 Å². The minimum Gasteiger partial charge on any atom is -0.476 e. The monoisotopic (exact) mass is 512 g/mol. The third-order valence-electron chi connectivity index (χ3n) is 6.14. The first-order chi connectivity index (χ1) is 16.5. The van der Waals surface area contributed by atoms with E-state index in [4.69, 9.17) is 28.0 Å². The number of aromatic carboxylic acids is 1. The van der Waals surface area contributed by atoms with Crippen molar-refractivity contribution in [1.82, 2.24) is 19.6 Å². The number of alkyl halides is 3. The third kappa shape index (κ3) is 4.98. The van der Waals surface area contributed by atoms with Gasteiger partial charge in [0.25, 0.3) is 0 Å². The van der Waals surface area contributed by atoms with Gasteiger partial charge in [-0.15, -0.1) is 5.11 Å². The largest absolute Gasteiger partial charge is 0.476 e. The predicted octanol–water partition coefficient (Wildman–Crippen LogP) is 2.94. The van der Waals surface area contributed by atoms with Gasteiger partial charge in [0.1, 0.15) is 0 Å². The maximum Gasteiger partial charge on any atom is 0.416 e. The molecule has 11 nitrogen and oxygen atoms in total. The average Bonchev–Trinajstić information content (AvgIpc) is 3.46. The lowest BCUT2D eigenvalue weighted by molar-refractivity contribution is -0.138. The summed E-state index contributed by atoms with van der Waals surface area (Å²) in [6, 6.07) is 3.06. The molecule has 4 rings (SSSR count). The lowest BCUT2D eigenvalue weighted by Crippen LogP contribution is -2.36. The van der Waals surface area contributed by atoms with Crippen LogP contribution in [-0.4, -0.2) is 68.7 Å². The Bertz CT molecular complexity index is 1200. The molecular formula is C20H20ClF3N8O3. The van der Waals surface area contributed by atoms with Crippen molar-refractivity contribution in [3.05, 3.63) is 51.8 Å². The highest BCUT2D eigenvalue weighted by Gasteiger charge is 2.43. The standard InChI is InChI=1S/C20H20ClF3N8O3/c21-15-9-32(28-16(15)18(33)34)19(35)31-7-12-5-30(6-13(12)8-31)4-11-2-1-10(17(25)27-29-26)3-14(11)20(22,23)24/h1-3,9,12-13H,4-8H2,(H,33,34)(H3,25,26,27). The van der Waals surface area contributed by atoms with E-state index in [9.17, 15) is 22.8 Å². The lowest BCUT2D eigenvalue weighted by atomic mass is 10.0. The van der Waals surface area contributed by atoms with Gasteiger partial charge in [-0.25, -0.2) is 9.59 Å². The van der Waals surface area contributed by atoms with Gasteiger partial charge in [-0.05, 0) is 23.5 Å². The van der Waals surface area contributed by atoms with E-state index in [1.165, 1.54) is 17.0 Å². The molecule has 186 valence electrons. The Labute approximate surface area is 201 Å². The van der Waals surface area contributed by atoms with Gasteiger partial charge >= 0.3 is 18.2 Å². The molecule has 3 heterocycles. The van der Waals surface area contributed by atoms with Crippen molar-refractivity contribution >= 4 is 29.4 Å². The Hall–Kier alpha value is -3.52. The topological polar surface area (TPSA) is 153 Å². The normalized spacial score (nSPS) is 20.5. The van der Waals surface area contributed by atoms with Crippen LogP contribution in [0.3, 0.4) is 0 Å². The lowest BCUT2D eigenvalue weighted by Gasteiger charge is -2.23. The highest BCUT2D eigenvalue weighted by molar-refractivity contribution is 6.33. The summed E-state index contributed by atoms with van der Waals surface area (Å²) < 4.78 is 42.0. The number of benzene rings is 1. The molecule has 0 aliphatic carbocycles. The Morgan fingerprint density at radius 3 is 2.43 bits per heavy atom. The number of aromatic nitrogens is 2. The summed E-state index contributed by atoms with van der Waals surface area (Å²) in [5.74, 6) is 3.17. The van der Waals surface area contributed by atoms with Gasteiger partial charge in [0, 0.05) is 38.3 Å². The second-order valence-corrected chi connectivity index (χ2v) is 8.82. The number of nitrogens with two attached hydrogens (primary N) is 1. The summed E-state index contributed by atoms with van der Waals surface area (Å²) in [5.41, 5.74) is -1.25. The third-order valence-corrected chi connectivity index (χ3v) is 6.42. The number of carbonyl (C=O) groups is 2. The van der Waals surface area contributed by atoms with Crippen molar-refractivity contribution in [3.8, 4) is 0 Å². The molecule has 0 spiro atoms. The molecule has 0 radical (unpaired) electrons. The summed E-state index contributed by atoms with van der Waals surface area (Å²) in [4.78, 5) is 27.3. The molecule has 1 amide bonds. The number of amides is 1. The molecule has 15 heteroatoms. The van der Waals surface area contributed by atoms with Gasteiger partial charge in [-0.1, -0.05) is 29.0 Å². The Morgan fingerprint density at radius 1 is 1.23 bits per heavy atom. The number of nitrogens with one attached hydrogen (secondary N) is 1. The molecule has 2 aliphatic heterocycles. The van der Waals surface area contributed by atoms with Crippen molar-refractivity contribution < 1.29 is 27.9 Å². The molecular weight excluding hydrogens is 493 g/mol. The molecule has 1 aromatic carbocycles. The molecule has 0 saturated carbocycles. The molecule has 2 saturated heterocycles. The van der Waals surface area contributed by atoms with Crippen LogP contribution in [-0.2, 0) is 12.7 Å². The molecule has 0 bridgehead atoms. The van der Waals surface area contributed by atoms with E-state index in [1.807, 2.05) is 4.90 Å². The van der Waals surface area contributed by atoms with Crippen LogP contribution in [0, 0.1) is 17.2 Å². The first-order valence-corrected chi connectivity index (χ1v) is 10.8. The van der Waals surface area contributed by atoms with E-state index in [0.717, 1.165) is 16.9 Å². The highest BCUT2D eigenvalue weighted by Crippen LogP contribution is 2.36. The van der Waals surface area contributed by atoms with E-state index in [0.29, 0.717) is 26.2 Å². The minimum absolute atomic E-state index is 0.0486. The van der Waals surface area contributed by atoms with Crippen molar-refractivity contribution in [1.29, 1.82) is 5.41 Å². The summed E-state index contributed by atoms with van der Waals surface area (Å²) in [5, 5.41) is 26.5. The number of nitrogens with zero attached hydrogens (tertiary/aromatic N) is 6. The number of carboxylic acid groups (broad SMARTS) is 1. The summed E-state index contributed by atoms with van der Waals surface area (Å²) >= 11 is 5.82. The van der Waals surface area contributed by atoms with Crippen molar-refractivity contribution in [2.24, 2.45) is 28.0 Å². The second kappa shape index (κ2) is 9.26. The number of amidine groups is 1. The fourth-order valence-electron chi connectivity index (χ4n) is 4.60. The van der Waals surface area contributed by atoms with Crippen LogP contribution in [0.25, 0.3) is 0 Å². The Kier molecular flexibility index (Phi) is 6.51. The quantitative estimate of drug-likeness (QED) is 0.188. The van der Waals surface area contributed by atoms with Crippen molar-refractivity contribution in [2.45, 2.75) is 12.7 Å². The zero-order valence-electron chi connectivity index (χ0n) is 18.0. The fraction of sp³-hybridized carbons (Fsp3) is 0.400. The first-order valence-electron chi connectivity index (χ1n) is 10.4. The Morgan fingerprint density at radius 2 is 1.89 bits per heavy atom. The van der Waals surface area contributed by atoms with Crippen molar-refractivity contribution in [2.75, 3.05) is 26.2 Å². The molecule has 2 aromatic rings. The van der Waals surface area contributed by atoms with E-state index < -0.39 is 35.3 Å². The van der Waals surface area contributed by atoms with Crippen LogP contribution in [0.5, 0.6) is 0 Å². The molecule has 4 N–H and O–H groups in total. The van der Waals surface area contributed by atoms with Crippen molar-refractivity contribution in [3.63, 3.8) is 0 Å². The number of likely N-dealkylation sites (tertiary alicyclic amines) is 2. The van der Waals surface area contributed by atoms with Crippen LogP contribution < -0.4 is 5.84 Å². The molecule has 2 unspecified atom stereocenters. The van der Waals surface area contributed by atoms with Crippen LogP contribution in [0.15, 0.2) is 34.7 Å². The SMILES string of the molecule is N=C(N=NN)c1ccc(CN2CC3CN(C(=O)n4cc(Cl)c(C(=O)O)n4)CC3C2)c(C(F)(F)F)c1. The molecule has 2 aliphatic rings. The van der Waals surface area contributed by atoms with E-state index in [2.05, 4.69) is 15.4 Å². The number of carboxylic acids is 1. The van der Waals surface area contributed by atoms with Crippen LogP contribution >= 0.6 is 11.6 Å².